The Morgan fingerprint density at radius 2 is 1.65 bits per heavy atom. The number of hydrogen-bond acceptors (Lipinski definition) is 5. The van der Waals surface area contributed by atoms with Gasteiger partial charge in [-0.25, -0.2) is 12.7 Å². The second-order valence-electron chi connectivity index (χ2n) is 9.79. The number of alkyl halides is 3. The summed E-state index contributed by atoms with van der Waals surface area (Å²) in [6, 6.07) is 14.2. The summed E-state index contributed by atoms with van der Waals surface area (Å²) in [5.41, 5.74) is -0.178. The van der Waals surface area contributed by atoms with Crippen LogP contribution >= 0.6 is 0 Å². The summed E-state index contributed by atoms with van der Waals surface area (Å²) in [7, 11) is -4.20. The summed E-state index contributed by atoms with van der Waals surface area (Å²) in [6.45, 7) is 0.465. The number of rotatable bonds is 7. The standard InChI is InChI=1S/C26H30F3N3O4S/c1-37(35,36)32(25(34)20-8-5-9-21(14-20)26(27,28)29)17-24(33)30-22-15-31(16-22)23-12-10-19(11-13-23)18-6-3-2-4-7-18/h2-9,14,19,22-23H,10-13,15-17H2,1H3,(H,30,33). The van der Waals surface area contributed by atoms with Crippen LogP contribution in [0, 0.1) is 0 Å². The van der Waals surface area contributed by atoms with Gasteiger partial charge in [-0.3, -0.25) is 14.5 Å². The van der Waals surface area contributed by atoms with Crippen LogP contribution in [0.1, 0.15) is 53.1 Å². The molecule has 0 aromatic heterocycles. The quantitative estimate of drug-likeness (QED) is 0.583. The molecule has 1 N–H and O–H groups in total. The molecule has 2 aromatic carbocycles. The molecule has 1 heterocycles. The third-order valence-electron chi connectivity index (χ3n) is 7.11. The number of hydrogen-bond donors (Lipinski definition) is 1. The van der Waals surface area contributed by atoms with Crippen molar-refractivity contribution in [2.24, 2.45) is 0 Å². The van der Waals surface area contributed by atoms with Gasteiger partial charge in [-0.15, -0.1) is 0 Å². The SMILES string of the molecule is CS(=O)(=O)N(CC(=O)NC1CN(C2CCC(c3ccccc3)CC2)C1)C(=O)c1cccc(C(F)(F)F)c1. The Morgan fingerprint density at radius 3 is 2.24 bits per heavy atom. The second kappa shape index (κ2) is 10.8. The van der Waals surface area contributed by atoms with E-state index in [4.69, 9.17) is 0 Å². The smallest absolute Gasteiger partial charge is 0.349 e. The number of nitrogens with one attached hydrogen (secondary N) is 1. The van der Waals surface area contributed by atoms with Gasteiger partial charge < -0.3 is 5.32 Å². The molecule has 37 heavy (non-hydrogen) atoms. The van der Waals surface area contributed by atoms with Crippen molar-refractivity contribution in [1.29, 1.82) is 0 Å². The molecule has 2 aromatic rings. The maximum absolute atomic E-state index is 13.0. The number of likely N-dealkylation sites (tertiary alicyclic amines) is 1. The Balaban J connectivity index is 1.29. The van der Waals surface area contributed by atoms with Gasteiger partial charge in [0.15, 0.2) is 0 Å². The van der Waals surface area contributed by atoms with E-state index in [0.29, 0.717) is 35.4 Å². The van der Waals surface area contributed by atoms with E-state index in [-0.39, 0.29) is 6.04 Å². The maximum atomic E-state index is 13.0. The van der Waals surface area contributed by atoms with E-state index in [1.54, 1.807) is 0 Å². The van der Waals surface area contributed by atoms with Gasteiger partial charge in [0.05, 0.1) is 17.9 Å². The zero-order chi connectivity index (χ0) is 26.8. The van der Waals surface area contributed by atoms with Crippen LogP contribution in [0.2, 0.25) is 0 Å². The van der Waals surface area contributed by atoms with Crippen molar-refractivity contribution in [3.63, 3.8) is 0 Å². The van der Waals surface area contributed by atoms with Crippen molar-refractivity contribution in [2.45, 2.75) is 49.9 Å². The van der Waals surface area contributed by atoms with Crippen molar-refractivity contribution in [3.8, 4) is 0 Å². The van der Waals surface area contributed by atoms with Crippen LogP contribution in [-0.4, -0.2) is 67.4 Å². The first-order chi connectivity index (χ1) is 17.4. The molecule has 1 aliphatic heterocycles. The number of amides is 2. The van der Waals surface area contributed by atoms with E-state index in [9.17, 15) is 31.2 Å². The number of carbonyl (C=O) groups excluding carboxylic acids is 2. The third-order valence-corrected chi connectivity index (χ3v) is 8.21. The first-order valence-electron chi connectivity index (χ1n) is 12.2. The van der Waals surface area contributed by atoms with E-state index in [2.05, 4.69) is 34.5 Å². The summed E-state index contributed by atoms with van der Waals surface area (Å²) in [5, 5.41) is 2.75. The molecule has 0 atom stereocenters. The van der Waals surface area contributed by atoms with Crippen molar-refractivity contribution < 1.29 is 31.2 Å². The van der Waals surface area contributed by atoms with E-state index in [1.807, 2.05) is 6.07 Å². The molecule has 1 aliphatic carbocycles. The Morgan fingerprint density at radius 1 is 1.00 bits per heavy atom. The van der Waals surface area contributed by atoms with Crippen LogP contribution in [0.3, 0.4) is 0 Å². The molecule has 2 aliphatic rings. The molecule has 11 heteroatoms. The van der Waals surface area contributed by atoms with E-state index in [1.165, 1.54) is 5.56 Å². The first-order valence-corrected chi connectivity index (χ1v) is 14.0. The zero-order valence-corrected chi connectivity index (χ0v) is 21.3. The Kier molecular flexibility index (Phi) is 7.94. The lowest BCUT2D eigenvalue weighted by atomic mass is 9.80. The normalized spacial score (nSPS) is 21.2. The highest BCUT2D eigenvalue weighted by Gasteiger charge is 2.37. The maximum Gasteiger partial charge on any atom is 0.416 e. The summed E-state index contributed by atoms with van der Waals surface area (Å²) in [6.07, 6.45) is 0.372. The average Bonchev–Trinajstić information content (AvgIpc) is 2.84. The highest BCUT2D eigenvalue weighted by molar-refractivity contribution is 7.88. The number of halogens is 3. The first kappa shape index (κ1) is 27.1. The minimum atomic E-state index is -4.69. The van der Waals surface area contributed by atoms with Crippen LogP contribution < -0.4 is 5.32 Å². The van der Waals surface area contributed by atoms with Crippen molar-refractivity contribution in [1.82, 2.24) is 14.5 Å². The number of sulfonamides is 1. The molecule has 0 bridgehead atoms. The minimum Gasteiger partial charge on any atom is -0.349 e. The Hall–Kier alpha value is -2.92. The van der Waals surface area contributed by atoms with Crippen molar-refractivity contribution >= 4 is 21.8 Å². The molecule has 0 spiro atoms. The Labute approximate surface area is 214 Å². The number of benzene rings is 2. The predicted octanol–water partition coefficient (Wildman–Crippen LogP) is 3.63. The van der Waals surface area contributed by atoms with Gasteiger partial charge >= 0.3 is 6.18 Å². The molecule has 2 fully saturated rings. The average molecular weight is 538 g/mol. The second-order valence-corrected chi connectivity index (χ2v) is 11.7. The molecule has 0 radical (unpaired) electrons. The lowest BCUT2D eigenvalue weighted by molar-refractivity contribution is -0.137. The summed E-state index contributed by atoms with van der Waals surface area (Å²) in [4.78, 5) is 27.6. The van der Waals surface area contributed by atoms with Gasteiger partial charge in [-0.05, 0) is 55.4 Å². The summed E-state index contributed by atoms with van der Waals surface area (Å²) >= 11 is 0. The molecular formula is C26H30F3N3O4S. The molecule has 1 saturated heterocycles. The molecule has 200 valence electrons. The number of carbonyl (C=O) groups is 2. The van der Waals surface area contributed by atoms with E-state index >= 15 is 0 Å². The zero-order valence-electron chi connectivity index (χ0n) is 20.4. The molecule has 2 amide bonds. The fourth-order valence-corrected chi connectivity index (χ4v) is 5.88. The fraction of sp³-hybridized carbons (Fsp3) is 0.462. The molecule has 4 rings (SSSR count). The van der Waals surface area contributed by atoms with Crippen LogP contribution in [-0.2, 0) is 21.0 Å². The van der Waals surface area contributed by atoms with Gasteiger partial charge in [-0.1, -0.05) is 36.4 Å². The van der Waals surface area contributed by atoms with E-state index < -0.39 is 45.7 Å². The van der Waals surface area contributed by atoms with Gasteiger partial charge in [-0.2, -0.15) is 13.2 Å². The highest BCUT2D eigenvalue weighted by atomic mass is 32.2. The number of nitrogens with zero attached hydrogens (tertiary/aromatic N) is 2. The minimum absolute atomic E-state index is 0.176. The van der Waals surface area contributed by atoms with Gasteiger partial charge in [0, 0.05) is 24.7 Å². The largest absolute Gasteiger partial charge is 0.416 e. The highest BCUT2D eigenvalue weighted by Crippen LogP contribution is 2.36. The van der Waals surface area contributed by atoms with Gasteiger partial charge in [0.1, 0.15) is 6.54 Å². The molecule has 0 unspecified atom stereocenters. The van der Waals surface area contributed by atoms with Crippen molar-refractivity contribution in [3.05, 3.63) is 71.3 Å². The van der Waals surface area contributed by atoms with Gasteiger partial charge in [0.2, 0.25) is 15.9 Å². The fourth-order valence-electron chi connectivity index (χ4n) is 5.12. The molecule has 7 nitrogen and oxygen atoms in total. The topological polar surface area (TPSA) is 86.8 Å². The van der Waals surface area contributed by atoms with Crippen LogP contribution in [0.5, 0.6) is 0 Å². The van der Waals surface area contributed by atoms with E-state index in [0.717, 1.165) is 50.1 Å². The molecule has 1 saturated carbocycles. The summed E-state index contributed by atoms with van der Waals surface area (Å²) in [5.74, 6) is -1.30. The van der Waals surface area contributed by atoms with Crippen LogP contribution in [0.25, 0.3) is 0 Å². The van der Waals surface area contributed by atoms with Crippen LogP contribution in [0.4, 0.5) is 13.2 Å². The van der Waals surface area contributed by atoms with Gasteiger partial charge in [0.25, 0.3) is 5.91 Å². The predicted molar refractivity (Wildman–Crippen MR) is 132 cm³/mol. The summed E-state index contributed by atoms with van der Waals surface area (Å²) < 4.78 is 63.8. The lowest BCUT2D eigenvalue weighted by Gasteiger charge is -2.47. The monoisotopic (exact) mass is 537 g/mol. The third kappa shape index (κ3) is 6.70. The molecular weight excluding hydrogens is 507 g/mol. The van der Waals surface area contributed by atoms with Crippen molar-refractivity contribution in [2.75, 3.05) is 25.9 Å². The van der Waals surface area contributed by atoms with Crippen LogP contribution in [0.15, 0.2) is 54.6 Å². The Bertz CT molecular complexity index is 1220. The lowest BCUT2D eigenvalue weighted by Crippen LogP contribution is -2.63.